The van der Waals surface area contributed by atoms with Gasteiger partial charge in [-0.25, -0.2) is 0 Å². The van der Waals surface area contributed by atoms with Crippen molar-refractivity contribution in [3.05, 3.63) is 48.0 Å². The van der Waals surface area contributed by atoms with Crippen LogP contribution < -0.4 is 20.7 Å². The number of carbonyl (C=O) groups is 1. The molecule has 25 heavy (non-hydrogen) atoms. The van der Waals surface area contributed by atoms with E-state index in [1.54, 1.807) is 23.1 Å². The van der Waals surface area contributed by atoms with Gasteiger partial charge in [-0.2, -0.15) is 13.2 Å². The Morgan fingerprint density at radius 2 is 2.00 bits per heavy atom. The van der Waals surface area contributed by atoms with Gasteiger partial charge in [-0.05, 0) is 24.3 Å². The number of nitrogens with zero attached hydrogens (tertiary/aromatic N) is 1. The Labute approximate surface area is 142 Å². The maximum Gasteiger partial charge on any atom is 0.418 e. The van der Waals surface area contributed by atoms with E-state index in [4.69, 9.17) is 10.5 Å². The van der Waals surface area contributed by atoms with Crippen LogP contribution >= 0.6 is 0 Å². The summed E-state index contributed by atoms with van der Waals surface area (Å²) in [6.45, 7) is 0.723. The predicted octanol–water partition coefficient (Wildman–Crippen LogP) is 3.13. The molecule has 0 atom stereocenters. The fraction of sp³-hybridized carbons (Fsp3) is 0.235. The van der Waals surface area contributed by atoms with E-state index in [9.17, 15) is 18.0 Å². The predicted molar refractivity (Wildman–Crippen MR) is 88.6 cm³/mol. The lowest BCUT2D eigenvalue weighted by molar-refractivity contribution is -0.137. The Bertz CT molecular complexity index is 793. The van der Waals surface area contributed by atoms with Crippen molar-refractivity contribution in [3.8, 4) is 5.75 Å². The molecule has 0 saturated carbocycles. The number of nitrogens with one attached hydrogen (secondary N) is 1. The van der Waals surface area contributed by atoms with Crippen LogP contribution in [0.5, 0.6) is 5.75 Å². The Balaban J connectivity index is 1.75. The van der Waals surface area contributed by atoms with Crippen molar-refractivity contribution in [1.29, 1.82) is 0 Å². The summed E-state index contributed by atoms with van der Waals surface area (Å²) in [6, 6.07) is 9.94. The Morgan fingerprint density at radius 3 is 2.76 bits per heavy atom. The van der Waals surface area contributed by atoms with E-state index in [2.05, 4.69) is 5.32 Å². The van der Waals surface area contributed by atoms with Crippen molar-refractivity contribution < 1.29 is 22.7 Å². The molecule has 0 bridgehead atoms. The molecule has 3 rings (SSSR count). The first-order valence-corrected chi connectivity index (χ1v) is 7.58. The topological polar surface area (TPSA) is 67.6 Å². The molecule has 1 amide bonds. The minimum absolute atomic E-state index is 0.0908. The van der Waals surface area contributed by atoms with Gasteiger partial charge in [0.25, 0.3) is 0 Å². The first-order valence-electron chi connectivity index (χ1n) is 7.58. The highest BCUT2D eigenvalue weighted by Crippen LogP contribution is 2.35. The van der Waals surface area contributed by atoms with Crippen LogP contribution in [0.4, 0.5) is 30.2 Å². The normalized spacial score (nSPS) is 13.8. The van der Waals surface area contributed by atoms with Gasteiger partial charge in [-0.1, -0.05) is 12.1 Å². The average molecular weight is 351 g/mol. The summed E-state index contributed by atoms with van der Waals surface area (Å²) in [7, 11) is 0. The van der Waals surface area contributed by atoms with Crippen LogP contribution in [0.25, 0.3) is 0 Å². The highest BCUT2D eigenvalue weighted by Gasteiger charge is 2.33. The summed E-state index contributed by atoms with van der Waals surface area (Å²) >= 11 is 0. The van der Waals surface area contributed by atoms with Crippen LogP contribution in [0.1, 0.15) is 5.56 Å². The van der Waals surface area contributed by atoms with Crippen LogP contribution in [0, 0.1) is 0 Å². The molecule has 0 unspecified atom stereocenters. The molecule has 0 spiro atoms. The van der Waals surface area contributed by atoms with Gasteiger partial charge in [0.1, 0.15) is 12.4 Å². The zero-order valence-electron chi connectivity index (χ0n) is 13.1. The van der Waals surface area contributed by atoms with Gasteiger partial charge in [0.15, 0.2) is 0 Å². The van der Waals surface area contributed by atoms with Crippen LogP contribution in [0.3, 0.4) is 0 Å². The monoisotopic (exact) mass is 351 g/mol. The average Bonchev–Trinajstić information content (AvgIpc) is 2.54. The maximum absolute atomic E-state index is 13.0. The van der Waals surface area contributed by atoms with E-state index >= 15 is 0 Å². The number of para-hydroxylation sites is 1. The fourth-order valence-corrected chi connectivity index (χ4v) is 2.66. The maximum atomic E-state index is 13.0. The number of anilines is 3. The molecule has 1 heterocycles. The molecular formula is C17H16F3N3O2. The third-order valence-corrected chi connectivity index (χ3v) is 3.78. The minimum atomic E-state index is -4.53. The second-order valence-electron chi connectivity index (χ2n) is 5.59. The highest BCUT2D eigenvalue weighted by atomic mass is 19.4. The highest BCUT2D eigenvalue weighted by molar-refractivity contribution is 5.95. The molecule has 1 aliphatic heterocycles. The van der Waals surface area contributed by atoms with Crippen LogP contribution in [0.2, 0.25) is 0 Å². The summed E-state index contributed by atoms with van der Waals surface area (Å²) in [5.74, 6) is 0.0103. The van der Waals surface area contributed by atoms with Crippen molar-refractivity contribution >= 4 is 23.0 Å². The lowest BCUT2D eigenvalue weighted by atomic mass is 10.1. The Kier molecular flexibility index (Phi) is 4.43. The number of nitrogens with two attached hydrogens (primary N) is 1. The molecule has 0 fully saturated rings. The van der Waals surface area contributed by atoms with Gasteiger partial charge in [-0.3, -0.25) is 4.79 Å². The summed E-state index contributed by atoms with van der Waals surface area (Å²) in [5.41, 5.74) is 5.78. The third-order valence-electron chi connectivity index (χ3n) is 3.78. The van der Waals surface area contributed by atoms with E-state index < -0.39 is 17.6 Å². The molecular weight excluding hydrogens is 335 g/mol. The number of benzene rings is 2. The summed E-state index contributed by atoms with van der Waals surface area (Å²) < 4.78 is 44.5. The summed E-state index contributed by atoms with van der Waals surface area (Å²) in [5, 5.41) is 2.34. The Morgan fingerprint density at radius 1 is 1.24 bits per heavy atom. The zero-order chi connectivity index (χ0) is 18.0. The summed E-state index contributed by atoms with van der Waals surface area (Å²) in [6.07, 6.45) is -4.53. The molecule has 0 aliphatic carbocycles. The lowest BCUT2D eigenvalue weighted by Gasteiger charge is -2.30. The zero-order valence-corrected chi connectivity index (χ0v) is 13.1. The molecule has 0 saturated heterocycles. The number of fused-ring (bicyclic) bond motifs is 1. The largest absolute Gasteiger partial charge is 0.489 e. The lowest BCUT2D eigenvalue weighted by Crippen LogP contribution is -2.39. The number of carbonyl (C=O) groups excluding carboxylic acids is 1. The number of alkyl halides is 3. The van der Waals surface area contributed by atoms with Gasteiger partial charge in [0.2, 0.25) is 5.91 Å². The molecule has 0 radical (unpaired) electrons. The molecule has 2 aromatic rings. The van der Waals surface area contributed by atoms with Crippen molar-refractivity contribution in [1.82, 2.24) is 0 Å². The molecule has 5 nitrogen and oxygen atoms in total. The molecule has 3 N–H and O–H groups in total. The smallest absolute Gasteiger partial charge is 0.418 e. The van der Waals surface area contributed by atoms with E-state index in [0.29, 0.717) is 30.3 Å². The molecule has 1 aliphatic rings. The van der Waals surface area contributed by atoms with Crippen LogP contribution in [-0.4, -0.2) is 25.6 Å². The first-order chi connectivity index (χ1) is 11.8. The van der Waals surface area contributed by atoms with E-state index in [0.717, 1.165) is 6.07 Å². The number of hydrogen-bond donors (Lipinski definition) is 2. The minimum Gasteiger partial charge on any atom is -0.489 e. The molecule has 8 heteroatoms. The number of hydrogen-bond acceptors (Lipinski definition) is 4. The number of ether oxygens (including phenoxy) is 1. The second kappa shape index (κ2) is 6.54. The number of nitrogen functional groups attached to an aromatic ring is 1. The van der Waals surface area contributed by atoms with E-state index in [-0.39, 0.29) is 12.2 Å². The van der Waals surface area contributed by atoms with Gasteiger partial charge in [0, 0.05) is 11.8 Å². The van der Waals surface area contributed by atoms with E-state index in [1.165, 1.54) is 18.2 Å². The van der Waals surface area contributed by atoms with Crippen LogP contribution in [0.15, 0.2) is 42.5 Å². The van der Waals surface area contributed by atoms with Gasteiger partial charge in [0.05, 0.1) is 30.0 Å². The standard InChI is InChI=1S/C17H16F3N3O2/c18-17(19,20)12-3-1-2-4-13(12)22-16(24)10-23-7-8-25-15-9-11(21)5-6-14(15)23/h1-6,9H,7-8,10,21H2,(H,22,24). The molecule has 0 aromatic heterocycles. The van der Waals surface area contributed by atoms with Crippen LogP contribution in [-0.2, 0) is 11.0 Å². The van der Waals surface area contributed by atoms with Crippen molar-refractivity contribution in [2.75, 3.05) is 35.6 Å². The molecule has 132 valence electrons. The van der Waals surface area contributed by atoms with Gasteiger partial charge in [-0.15, -0.1) is 0 Å². The molecule has 2 aromatic carbocycles. The first kappa shape index (κ1) is 16.9. The van der Waals surface area contributed by atoms with Crippen molar-refractivity contribution in [2.24, 2.45) is 0 Å². The number of rotatable bonds is 3. The van der Waals surface area contributed by atoms with Gasteiger partial charge < -0.3 is 20.7 Å². The number of amides is 1. The number of halogens is 3. The SMILES string of the molecule is Nc1ccc2c(c1)OCCN2CC(=O)Nc1ccccc1C(F)(F)F. The van der Waals surface area contributed by atoms with Crippen molar-refractivity contribution in [2.45, 2.75) is 6.18 Å². The quantitative estimate of drug-likeness (QED) is 0.834. The van der Waals surface area contributed by atoms with Gasteiger partial charge >= 0.3 is 6.18 Å². The second-order valence-corrected chi connectivity index (χ2v) is 5.59. The Hall–Kier alpha value is -2.90. The fourth-order valence-electron chi connectivity index (χ4n) is 2.66. The summed E-state index contributed by atoms with van der Waals surface area (Å²) in [4.78, 5) is 14.0. The van der Waals surface area contributed by atoms with E-state index in [1.807, 2.05) is 0 Å². The van der Waals surface area contributed by atoms with Crippen molar-refractivity contribution in [3.63, 3.8) is 0 Å². The third kappa shape index (κ3) is 3.78.